The minimum Gasteiger partial charge on any atom is -0.462 e. The third kappa shape index (κ3) is 49.2. The Kier molecular flexibility index (Phi) is 49.0. The zero-order valence-corrected chi connectivity index (χ0v) is 40.1. The van der Waals surface area contributed by atoms with E-state index in [2.05, 4.69) is 123 Å². The second kappa shape index (κ2) is 51.9. The second-order valence-electron chi connectivity index (χ2n) is 16.5. The van der Waals surface area contributed by atoms with Crippen LogP contribution in [-0.2, 0) is 19.1 Å². The lowest BCUT2D eigenvalue weighted by Crippen LogP contribution is -2.28. The van der Waals surface area contributed by atoms with Crippen LogP contribution in [0.15, 0.2) is 109 Å². The average Bonchev–Trinajstić information content (AvgIpc) is 3.28. The Balaban J connectivity index is 3.64. The summed E-state index contributed by atoms with van der Waals surface area (Å²) in [5.41, 5.74) is 0. The van der Waals surface area contributed by atoms with Gasteiger partial charge >= 0.3 is 11.9 Å². The molecule has 0 heterocycles. The predicted octanol–water partition coefficient (Wildman–Crippen LogP) is 17.0. The molecule has 0 saturated carbocycles. The highest BCUT2D eigenvalue weighted by molar-refractivity contribution is 5.70. The van der Waals surface area contributed by atoms with E-state index in [0.29, 0.717) is 12.8 Å². The van der Waals surface area contributed by atoms with Crippen molar-refractivity contribution in [2.45, 2.75) is 225 Å². The molecule has 0 bridgehead atoms. The highest BCUT2D eigenvalue weighted by Crippen LogP contribution is 2.13. The molecular weight excluding hydrogens is 765 g/mol. The van der Waals surface area contributed by atoms with Gasteiger partial charge in [-0.25, -0.2) is 0 Å². The highest BCUT2D eigenvalue weighted by atomic mass is 16.6. The van der Waals surface area contributed by atoms with Gasteiger partial charge < -0.3 is 14.6 Å². The smallest absolute Gasteiger partial charge is 0.306 e. The summed E-state index contributed by atoms with van der Waals surface area (Å²) in [4.78, 5) is 24.4. The molecule has 5 nitrogen and oxygen atoms in total. The first kappa shape index (κ1) is 58.6. The first-order chi connectivity index (χ1) is 30.6. The number of rotatable bonds is 45. The maximum atomic E-state index is 12.3. The van der Waals surface area contributed by atoms with Crippen LogP contribution in [0.5, 0.6) is 0 Å². The molecule has 0 aromatic rings. The van der Waals surface area contributed by atoms with Crippen molar-refractivity contribution in [3.63, 3.8) is 0 Å². The van der Waals surface area contributed by atoms with Gasteiger partial charge in [0.05, 0.1) is 6.61 Å². The van der Waals surface area contributed by atoms with Crippen LogP contribution in [0.1, 0.15) is 219 Å². The number of hydrogen-bond acceptors (Lipinski definition) is 5. The number of carbonyl (C=O) groups excluding carboxylic acids is 2. The monoisotopic (exact) mass is 859 g/mol. The molecule has 0 saturated heterocycles. The van der Waals surface area contributed by atoms with Crippen LogP contribution in [0.2, 0.25) is 0 Å². The van der Waals surface area contributed by atoms with E-state index in [1.807, 2.05) is 0 Å². The van der Waals surface area contributed by atoms with Gasteiger partial charge in [-0.2, -0.15) is 0 Å². The van der Waals surface area contributed by atoms with E-state index >= 15 is 0 Å². The Morgan fingerprint density at radius 2 is 0.694 bits per heavy atom. The van der Waals surface area contributed by atoms with Crippen molar-refractivity contribution < 1.29 is 24.2 Å². The highest BCUT2D eigenvalue weighted by Gasteiger charge is 2.16. The zero-order chi connectivity index (χ0) is 44.9. The number of hydrogen-bond donors (Lipinski definition) is 1. The molecule has 0 aromatic carbocycles. The largest absolute Gasteiger partial charge is 0.462 e. The summed E-state index contributed by atoms with van der Waals surface area (Å²) in [7, 11) is 0. The van der Waals surface area contributed by atoms with Crippen molar-refractivity contribution in [1.82, 2.24) is 0 Å². The van der Waals surface area contributed by atoms with Crippen molar-refractivity contribution in [1.29, 1.82) is 0 Å². The standard InChI is InChI=1S/C57H94O5/c1-3-5-7-9-11-13-15-17-19-21-23-24-25-26-27-28-29-30-31-32-34-36-38-40-42-44-46-48-50-52-57(60)62-55(53-58)54-61-56(59)51-49-47-45-43-41-39-37-35-33-22-20-18-16-14-12-10-8-6-4-2/h5,7,11,13,17-20,23-24,26-27,29-30,32,34,38,40,55,58H,3-4,6,8-10,12,14-16,21-22,25,28,31,33,35-37,39,41-54H2,1-2H3/b7-5-,13-11-,19-17-,20-18-,24-23-,27-26-,30-29-,34-32-,40-38-. The molecule has 1 N–H and O–H groups in total. The lowest BCUT2D eigenvalue weighted by Gasteiger charge is -2.15. The van der Waals surface area contributed by atoms with Crippen molar-refractivity contribution in [3.8, 4) is 0 Å². The van der Waals surface area contributed by atoms with Gasteiger partial charge in [0, 0.05) is 12.8 Å². The fourth-order valence-electron chi connectivity index (χ4n) is 6.74. The molecule has 0 aliphatic rings. The Labute approximate surface area is 382 Å². The Morgan fingerprint density at radius 1 is 0.387 bits per heavy atom. The summed E-state index contributed by atoms with van der Waals surface area (Å²) in [6.45, 7) is 4.00. The number of aliphatic hydroxyl groups is 1. The Bertz CT molecular complexity index is 1250. The van der Waals surface area contributed by atoms with Gasteiger partial charge in [-0.3, -0.25) is 9.59 Å². The van der Waals surface area contributed by atoms with E-state index in [1.54, 1.807) is 0 Å². The lowest BCUT2D eigenvalue weighted by atomic mass is 10.1. The molecule has 1 unspecified atom stereocenters. The van der Waals surface area contributed by atoms with Gasteiger partial charge in [0.1, 0.15) is 6.61 Å². The third-order valence-corrected chi connectivity index (χ3v) is 10.6. The molecular formula is C57H94O5. The molecule has 0 aromatic heterocycles. The molecule has 62 heavy (non-hydrogen) atoms. The van der Waals surface area contributed by atoms with E-state index in [9.17, 15) is 14.7 Å². The van der Waals surface area contributed by atoms with E-state index in [-0.39, 0.29) is 25.2 Å². The minimum atomic E-state index is -0.794. The number of unbranched alkanes of at least 4 members (excludes halogenated alkanes) is 19. The van der Waals surface area contributed by atoms with Crippen LogP contribution in [0.3, 0.4) is 0 Å². The van der Waals surface area contributed by atoms with Gasteiger partial charge in [-0.05, 0) is 103 Å². The molecule has 0 rings (SSSR count). The number of esters is 2. The van der Waals surface area contributed by atoms with Gasteiger partial charge in [-0.15, -0.1) is 0 Å². The van der Waals surface area contributed by atoms with Crippen molar-refractivity contribution in [2.75, 3.05) is 13.2 Å². The van der Waals surface area contributed by atoms with Crippen LogP contribution in [-0.4, -0.2) is 36.4 Å². The third-order valence-electron chi connectivity index (χ3n) is 10.6. The van der Waals surface area contributed by atoms with Gasteiger partial charge in [0.2, 0.25) is 0 Å². The molecule has 0 radical (unpaired) electrons. The summed E-state index contributed by atoms with van der Waals surface area (Å²) < 4.78 is 10.7. The summed E-state index contributed by atoms with van der Waals surface area (Å²) in [6, 6.07) is 0. The van der Waals surface area contributed by atoms with Crippen LogP contribution >= 0.6 is 0 Å². The van der Waals surface area contributed by atoms with Crippen LogP contribution in [0.4, 0.5) is 0 Å². The molecule has 0 aliphatic heterocycles. The number of ether oxygens (including phenoxy) is 2. The summed E-state index contributed by atoms with van der Waals surface area (Å²) in [5, 5.41) is 9.62. The second-order valence-corrected chi connectivity index (χ2v) is 16.5. The minimum absolute atomic E-state index is 0.0833. The molecule has 0 amide bonds. The Hall–Kier alpha value is -3.44. The first-order valence-corrected chi connectivity index (χ1v) is 25.4. The normalized spacial score (nSPS) is 13.1. The van der Waals surface area contributed by atoms with E-state index < -0.39 is 6.10 Å². The number of aliphatic hydroxyl groups excluding tert-OH is 1. The Morgan fingerprint density at radius 3 is 1.06 bits per heavy atom. The van der Waals surface area contributed by atoms with Crippen LogP contribution < -0.4 is 0 Å². The quantitative estimate of drug-likeness (QED) is 0.0375. The summed E-state index contributed by atoms with van der Waals surface area (Å²) in [6.07, 6.45) is 74.6. The fourth-order valence-corrected chi connectivity index (χ4v) is 6.74. The molecule has 1 atom stereocenters. The van der Waals surface area contributed by atoms with Crippen LogP contribution in [0.25, 0.3) is 0 Å². The molecule has 0 spiro atoms. The molecule has 0 fully saturated rings. The molecule has 5 heteroatoms. The van der Waals surface area contributed by atoms with Gasteiger partial charge in [0.25, 0.3) is 0 Å². The molecule has 352 valence electrons. The predicted molar refractivity (Wildman–Crippen MR) is 269 cm³/mol. The van der Waals surface area contributed by atoms with Crippen molar-refractivity contribution in [2.24, 2.45) is 0 Å². The van der Waals surface area contributed by atoms with Crippen molar-refractivity contribution in [3.05, 3.63) is 109 Å². The van der Waals surface area contributed by atoms with Crippen LogP contribution in [0, 0.1) is 0 Å². The van der Waals surface area contributed by atoms with Crippen molar-refractivity contribution >= 4 is 11.9 Å². The number of carbonyl (C=O) groups is 2. The lowest BCUT2D eigenvalue weighted by molar-refractivity contribution is -0.161. The topological polar surface area (TPSA) is 72.8 Å². The average molecular weight is 859 g/mol. The van der Waals surface area contributed by atoms with Gasteiger partial charge in [0.15, 0.2) is 6.10 Å². The van der Waals surface area contributed by atoms with E-state index in [1.165, 1.54) is 89.9 Å². The maximum absolute atomic E-state index is 12.3. The van der Waals surface area contributed by atoms with E-state index in [0.717, 1.165) is 103 Å². The van der Waals surface area contributed by atoms with Gasteiger partial charge in [-0.1, -0.05) is 213 Å². The molecule has 0 aliphatic carbocycles. The SMILES string of the molecule is CC/C=C\C/C=C\C/C=C\C/C=C\C/C=C\C/C=C\C/C=C\C/C=C\CCCCCCC(=O)OC(CO)COC(=O)CCCCCCCCCCC/C=C\CCCCCCCC. The maximum Gasteiger partial charge on any atom is 0.306 e. The van der Waals surface area contributed by atoms with E-state index in [4.69, 9.17) is 9.47 Å². The summed E-state index contributed by atoms with van der Waals surface area (Å²) >= 11 is 0. The first-order valence-electron chi connectivity index (χ1n) is 25.4. The summed E-state index contributed by atoms with van der Waals surface area (Å²) in [5.74, 6) is -0.627. The zero-order valence-electron chi connectivity index (χ0n) is 40.1. The fraction of sp³-hybridized carbons (Fsp3) is 0.649. The number of allylic oxidation sites excluding steroid dienone is 18.